The van der Waals surface area contributed by atoms with Gasteiger partial charge in [0.2, 0.25) is 0 Å². The number of hydrazine groups is 1. The first kappa shape index (κ1) is 14.9. The van der Waals surface area contributed by atoms with E-state index >= 15 is 0 Å². The van der Waals surface area contributed by atoms with E-state index in [2.05, 4.69) is 15.7 Å². The van der Waals surface area contributed by atoms with Crippen molar-refractivity contribution in [3.63, 3.8) is 0 Å². The molecule has 1 aromatic heterocycles. The zero-order valence-electron chi connectivity index (χ0n) is 12.2. The number of rotatable bonds is 7. The molecule has 6 nitrogen and oxygen atoms in total. The Labute approximate surface area is 124 Å². The maximum Gasteiger partial charge on any atom is 0.163 e. The lowest BCUT2D eigenvalue weighted by molar-refractivity contribution is 0.288. The van der Waals surface area contributed by atoms with Crippen molar-refractivity contribution in [2.24, 2.45) is 5.84 Å². The molecule has 0 saturated carbocycles. The first-order valence-corrected chi connectivity index (χ1v) is 6.87. The highest BCUT2D eigenvalue weighted by Crippen LogP contribution is 2.31. The number of hydrogen-bond acceptors (Lipinski definition) is 6. The summed E-state index contributed by atoms with van der Waals surface area (Å²) in [4.78, 5) is 4.30. The summed E-state index contributed by atoms with van der Waals surface area (Å²) in [7, 11) is 0. The molecule has 0 aliphatic rings. The Kier molecular flexibility index (Phi) is 5.22. The molecule has 0 aliphatic carbocycles. The second-order valence-corrected chi connectivity index (χ2v) is 4.20. The number of nitrogens with zero attached hydrogens (tertiary/aromatic N) is 1. The summed E-state index contributed by atoms with van der Waals surface area (Å²) >= 11 is 0. The van der Waals surface area contributed by atoms with Crippen LogP contribution in [0.3, 0.4) is 0 Å². The predicted molar refractivity (Wildman–Crippen MR) is 84.1 cm³/mol. The van der Waals surface area contributed by atoms with E-state index in [1.807, 2.05) is 44.2 Å². The molecule has 0 fully saturated rings. The van der Waals surface area contributed by atoms with Crippen LogP contribution < -0.4 is 26.1 Å². The molecule has 0 atom stereocenters. The molecule has 1 aromatic carbocycles. The number of ether oxygens (including phenoxy) is 2. The quantitative estimate of drug-likeness (QED) is 0.537. The van der Waals surface area contributed by atoms with Crippen LogP contribution >= 0.6 is 0 Å². The van der Waals surface area contributed by atoms with Crippen molar-refractivity contribution < 1.29 is 9.47 Å². The molecule has 2 rings (SSSR count). The van der Waals surface area contributed by atoms with Gasteiger partial charge in [-0.2, -0.15) is 0 Å². The van der Waals surface area contributed by atoms with Crippen LogP contribution in [0.5, 0.6) is 11.5 Å². The maximum atomic E-state index is 5.60. The third-order valence-corrected chi connectivity index (χ3v) is 2.71. The monoisotopic (exact) mass is 288 g/mol. The summed E-state index contributed by atoms with van der Waals surface area (Å²) in [5.74, 6) is 8.08. The van der Waals surface area contributed by atoms with Crippen molar-refractivity contribution in [2.45, 2.75) is 13.8 Å². The van der Waals surface area contributed by atoms with E-state index in [0.29, 0.717) is 30.6 Å². The Balaban J connectivity index is 2.21. The van der Waals surface area contributed by atoms with Gasteiger partial charge in [0.05, 0.1) is 13.2 Å². The van der Waals surface area contributed by atoms with Crippen molar-refractivity contribution >= 4 is 17.3 Å². The largest absolute Gasteiger partial charge is 0.490 e. The van der Waals surface area contributed by atoms with Crippen LogP contribution in [0.1, 0.15) is 13.8 Å². The Morgan fingerprint density at radius 1 is 1.00 bits per heavy atom. The highest BCUT2D eigenvalue weighted by atomic mass is 16.5. The topological polar surface area (TPSA) is 81.4 Å². The molecule has 0 saturated heterocycles. The van der Waals surface area contributed by atoms with Crippen LogP contribution in [-0.4, -0.2) is 18.2 Å². The summed E-state index contributed by atoms with van der Waals surface area (Å²) in [5.41, 5.74) is 3.38. The number of nitrogen functional groups attached to an aromatic ring is 1. The molecular weight excluding hydrogens is 268 g/mol. The summed E-state index contributed by atoms with van der Waals surface area (Å²) in [6.07, 6.45) is 0. The van der Waals surface area contributed by atoms with E-state index in [-0.39, 0.29) is 0 Å². The van der Waals surface area contributed by atoms with E-state index in [1.54, 1.807) is 6.07 Å². The summed E-state index contributed by atoms with van der Waals surface area (Å²) < 4.78 is 11.1. The normalized spacial score (nSPS) is 10.0. The van der Waals surface area contributed by atoms with E-state index < -0.39 is 0 Å². The Morgan fingerprint density at radius 2 is 1.71 bits per heavy atom. The molecule has 1 heterocycles. The maximum absolute atomic E-state index is 5.60. The number of nitrogens with one attached hydrogen (secondary N) is 2. The highest BCUT2D eigenvalue weighted by molar-refractivity contribution is 5.62. The van der Waals surface area contributed by atoms with E-state index in [4.69, 9.17) is 15.3 Å². The number of benzene rings is 1. The van der Waals surface area contributed by atoms with Gasteiger partial charge in [-0.3, -0.25) is 0 Å². The highest BCUT2D eigenvalue weighted by Gasteiger charge is 2.07. The molecule has 4 N–H and O–H groups in total. The average Bonchev–Trinajstić information content (AvgIpc) is 2.50. The lowest BCUT2D eigenvalue weighted by Crippen LogP contribution is -2.09. The van der Waals surface area contributed by atoms with Crippen LogP contribution in [0.25, 0.3) is 0 Å². The number of nitrogens with two attached hydrogens (primary N) is 1. The minimum absolute atomic E-state index is 0.578. The van der Waals surface area contributed by atoms with E-state index in [0.717, 1.165) is 11.4 Å². The van der Waals surface area contributed by atoms with Gasteiger partial charge in [-0.15, -0.1) is 0 Å². The van der Waals surface area contributed by atoms with Crippen LogP contribution in [0.15, 0.2) is 36.4 Å². The third kappa shape index (κ3) is 4.00. The molecule has 112 valence electrons. The average molecular weight is 288 g/mol. The molecule has 0 aliphatic heterocycles. The van der Waals surface area contributed by atoms with Gasteiger partial charge in [0, 0.05) is 11.8 Å². The van der Waals surface area contributed by atoms with Gasteiger partial charge in [-0.05, 0) is 38.1 Å². The van der Waals surface area contributed by atoms with Gasteiger partial charge < -0.3 is 20.2 Å². The van der Waals surface area contributed by atoms with Crippen LogP contribution in [0.4, 0.5) is 17.3 Å². The Hall–Kier alpha value is -2.47. The first-order valence-electron chi connectivity index (χ1n) is 6.87. The molecular formula is C15H20N4O2. The first-order chi connectivity index (χ1) is 10.3. The van der Waals surface area contributed by atoms with Crippen LogP contribution in [0.2, 0.25) is 0 Å². The second kappa shape index (κ2) is 7.35. The lowest BCUT2D eigenvalue weighted by atomic mass is 10.2. The summed E-state index contributed by atoms with van der Waals surface area (Å²) in [6, 6.07) is 11.2. The molecule has 6 heteroatoms. The zero-order valence-corrected chi connectivity index (χ0v) is 12.2. The fourth-order valence-corrected chi connectivity index (χ4v) is 1.86. The second-order valence-electron chi connectivity index (χ2n) is 4.20. The van der Waals surface area contributed by atoms with Crippen LogP contribution in [0, 0.1) is 0 Å². The number of pyridine rings is 1. The molecule has 0 spiro atoms. The van der Waals surface area contributed by atoms with Crippen LogP contribution in [-0.2, 0) is 0 Å². The van der Waals surface area contributed by atoms with Crippen molar-refractivity contribution in [2.75, 3.05) is 24.0 Å². The minimum Gasteiger partial charge on any atom is -0.490 e. The molecule has 0 radical (unpaired) electrons. The fraction of sp³-hybridized carbons (Fsp3) is 0.267. The SMILES string of the molecule is CCOc1ccc(Nc2cccc(NN)n2)cc1OCC. The van der Waals surface area contributed by atoms with Gasteiger partial charge in [0.25, 0.3) is 0 Å². The van der Waals surface area contributed by atoms with Crippen molar-refractivity contribution in [3.8, 4) is 11.5 Å². The standard InChI is InChI=1S/C15H20N4O2/c1-3-20-12-9-8-11(10-13(12)21-4-2)17-14-6-5-7-15(18-14)19-16/h5-10H,3-4,16H2,1-2H3,(H2,17,18,19). The number of anilines is 3. The summed E-state index contributed by atoms with van der Waals surface area (Å²) in [6.45, 7) is 5.05. The Morgan fingerprint density at radius 3 is 2.43 bits per heavy atom. The molecule has 0 bridgehead atoms. The van der Waals surface area contributed by atoms with E-state index in [1.165, 1.54) is 0 Å². The molecule has 21 heavy (non-hydrogen) atoms. The lowest BCUT2D eigenvalue weighted by Gasteiger charge is -2.13. The number of hydrogen-bond donors (Lipinski definition) is 3. The molecule has 0 amide bonds. The van der Waals surface area contributed by atoms with Crippen molar-refractivity contribution in [3.05, 3.63) is 36.4 Å². The van der Waals surface area contributed by atoms with Crippen molar-refractivity contribution in [1.82, 2.24) is 4.98 Å². The number of aromatic nitrogens is 1. The van der Waals surface area contributed by atoms with Gasteiger partial charge in [-0.25, -0.2) is 10.8 Å². The minimum atomic E-state index is 0.578. The van der Waals surface area contributed by atoms with Gasteiger partial charge in [-0.1, -0.05) is 6.07 Å². The smallest absolute Gasteiger partial charge is 0.163 e. The predicted octanol–water partition coefficient (Wildman–Crippen LogP) is 2.91. The van der Waals surface area contributed by atoms with Crippen molar-refractivity contribution in [1.29, 1.82) is 0 Å². The molecule has 2 aromatic rings. The Bertz CT molecular complexity index is 590. The van der Waals surface area contributed by atoms with E-state index in [9.17, 15) is 0 Å². The zero-order chi connectivity index (χ0) is 15.1. The van der Waals surface area contributed by atoms with Gasteiger partial charge in [0.1, 0.15) is 11.6 Å². The van der Waals surface area contributed by atoms with Gasteiger partial charge >= 0.3 is 0 Å². The third-order valence-electron chi connectivity index (χ3n) is 2.71. The molecule has 0 unspecified atom stereocenters. The fourth-order valence-electron chi connectivity index (χ4n) is 1.86. The summed E-state index contributed by atoms with van der Waals surface area (Å²) in [5, 5.41) is 3.20. The van der Waals surface area contributed by atoms with Gasteiger partial charge in [0.15, 0.2) is 11.5 Å².